The minimum absolute atomic E-state index is 0.216. The molecule has 0 bridgehead atoms. The zero-order valence-corrected chi connectivity index (χ0v) is 15.7. The number of carbonyl (C=O) groups excluding carboxylic acids is 1. The Labute approximate surface area is 159 Å². The van der Waals surface area contributed by atoms with Crippen LogP contribution in [-0.2, 0) is 13.2 Å². The lowest BCUT2D eigenvalue weighted by Crippen LogP contribution is -2.28. The van der Waals surface area contributed by atoms with E-state index in [0.29, 0.717) is 22.1 Å². The van der Waals surface area contributed by atoms with Gasteiger partial charge in [0.1, 0.15) is 16.0 Å². The maximum Gasteiger partial charge on any atom is 0.435 e. The van der Waals surface area contributed by atoms with E-state index in [1.807, 2.05) is 0 Å². The fourth-order valence-electron chi connectivity index (χ4n) is 2.35. The monoisotopic (exact) mass is 443 g/mol. The molecule has 3 aromatic rings. The molecule has 7 nitrogen and oxygen atoms in total. The molecule has 0 fully saturated rings. The first-order chi connectivity index (χ1) is 12.6. The van der Waals surface area contributed by atoms with Crippen molar-refractivity contribution >= 4 is 21.8 Å². The predicted octanol–water partition coefficient (Wildman–Crippen LogP) is 3.74. The van der Waals surface area contributed by atoms with Crippen LogP contribution in [0.4, 0.5) is 13.2 Å². The van der Waals surface area contributed by atoms with Crippen molar-refractivity contribution < 1.29 is 22.5 Å². The molecule has 0 aliphatic carbocycles. The highest BCUT2D eigenvalue weighted by Crippen LogP contribution is 2.29. The quantitative estimate of drug-likeness (QED) is 0.620. The number of aromatic nitrogens is 4. The first-order valence-corrected chi connectivity index (χ1v) is 8.45. The van der Waals surface area contributed by atoms with E-state index in [9.17, 15) is 18.0 Å². The van der Waals surface area contributed by atoms with Crippen molar-refractivity contribution in [2.24, 2.45) is 7.05 Å². The SMILES string of the molecule is CC(NC(=O)c1cc(C(F)(F)F)nn1C)c1cc(-c2ccnc(Br)c2)no1. The Morgan fingerprint density at radius 3 is 2.70 bits per heavy atom. The van der Waals surface area contributed by atoms with Gasteiger partial charge in [0.15, 0.2) is 11.5 Å². The summed E-state index contributed by atoms with van der Waals surface area (Å²) in [6.45, 7) is 1.63. The number of aryl methyl sites for hydroxylation is 1. The summed E-state index contributed by atoms with van der Waals surface area (Å²) in [5.41, 5.74) is -0.0547. The van der Waals surface area contributed by atoms with E-state index in [0.717, 1.165) is 10.2 Å². The van der Waals surface area contributed by atoms with Gasteiger partial charge in [0, 0.05) is 30.9 Å². The van der Waals surface area contributed by atoms with Gasteiger partial charge in [-0.2, -0.15) is 18.3 Å². The van der Waals surface area contributed by atoms with E-state index in [1.54, 1.807) is 31.3 Å². The summed E-state index contributed by atoms with van der Waals surface area (Å²) in [4.78, 5) is 16.3. The number of pyridine rings is 1. The van der Waals surface area contributed by atoms with E-state index in [2.05, 4.69) is 36.5 Å². The number of carbonyl (C=O) groups is 1. The highest BCUT2D eigenvalue weighted by atomic mass is 79.9. The Balaban J connectivity index is 1.75. The van der Waals surface area contributed by atoms with Gasteiger partial charge in [-0.1, -0.05) is 5.16 Å². The third kappa shape index (κ3) is 4.18. The standard InChI is InChI=1S/C16H13BrF3N5O2/c1-8(12-6-10(24-27-12)9-3-4-21-14(17)5-9)22-15(26)11-7-13(16(18,19)20)23-25(11)2/h3-8H,1-2H3,(H,22,26). The molecule has 0 radical (unpaired) electrons. The number of rotatable bonds is 4. The molecule has 0 aliphatic heterocycles. The largest absolute Gasteiger partial charge is 0.435 e. The van der Waals surface area contributed by atoms with Gasteiger partial charge in [-0.15, -0.1) is 0 Å². The summed E-state index contributed by atoms with van der Waals surface area (Å²) >= 11 is 3.26. The summed E-state index contributed by atoms with van der Waals surface area (Å²) in [6.07, 6.45) is -3.03. The third-order valence-corrected chi connectivity index (χ3v) is 4.16. The Bertz CT molecular complexity index is 983. The zero-order valence-electron chi connectivity index (χ0n) is 14.1. The van der Waals surface area contributed by atoms with Crippen molar-refractivity contribution in [1.29, 1.82) is 0 Å². The molecule has 11 heteroatoms. The first-order valence-electron chi connectivity index (χ1n) is 7.66. The molecular weight excluding hydrogens is 431 g/mol. The fourth-order valence-corrected chi connectivity index (χ4v) is 2.72. The molecule has 1 atom stereocenters. The second-order valence-corrected chi connectivity index (χ2v) is 6.53. The van der Waals surface area contributed by atoms with E-state index >= 15 is 0 Å². The van der Waals surface area contributed by atoms with Crippen LogP contribution in [0.1, 0.15) is 34.9 Å². The number of halogens is 4. The molecular formula is C16H13BrF3N5O2. The topological polar surface area (TPSA) is 85.8 Å². The van der Waals surface area contributed by atoms with Gasteiger partial charge in [0.2, 0.25) is 0 Å². The molecule has 3 aromatic heterocycles. The summed E-state index contributed by atoms with van der Waals surface area (Å²) in [7, 11) is 1.27. The number of amides is 1. The lowest BCUT2D eigenvalue weighted by Gasteiger charge is -2.10. The predicted molar refractivity (Wildman–Crippen MR) is 91.5 cm³/mol. The molecule has 1 amide bonds. The highest BCUT2D eigenvalue weighted by Gasteiger charge is 2.35. The molecule has 3 rings (SSSR count). The Kier molecular flexibility index (Phi) is 5.05. The molecule has 27 heavy (non-hydrogen) atoms. The molecule has 1 N–H and O–H groups in total. The van der Waals surface area contributed by atoms with Crippen molar-refractivity contribution in [3.8, 4) is 11.3 Å². The number of hydrogen-bond donors (Lipinski definition) is 1. The summed E-state index contributed by atoms with van der Waals surface area (Å²) < 4.78 is 44.9. The first kappa shape index (κ1) is 19.1. The van der Waals surface area contributed by atoms with Crippen molar-refractivity contribution in [3.05, 3.63) is 52.2 Å². The van der Waals surface area contributed by atoms with Gasteiger partial charge >= 0.3 is 6.18 Å². The molecule has 0 saturated heterocycles. The zero-order chi connectivity index (χ0) is 19.8. The summed E-state index contributed by atoms with van der Waals surface area (Å²) in [6, 6.07) is 5.20. The average molecular weight is 444 g/mol. The minimum atomic E-state index is -4.62. The normalized spacial score (nSPS) is 12.8. The van der Waals surface area contributed by atoms with Gasteiger partial charge < -0.3 is 9.84 Å². The lowest BCUT2D eigenvalue weighted by molar-refractivity contribution is -0.141. The summed E-state index contributed by atoms with van der Waals surface area (Å²) in [5.74, 6) is -0.359. The van der Waals surface area contributed by atoms with Crippen LogP contribution in [0.15, 0.2) is 39.6 Å². The van der Waals surface area contributed by atoms with Crippen LogP contribution < -0.4 is 5.32 Å². The Hall–Kier alpha value is -2.69. The maximum atomic E-state index is 12.7. The van der Waals surface area contributed by atoms with Crippen molar-refractivity contribution in [2.45, 2.75) is 19.1 Å². The molecule has 142 valence electrons. The van der Waals surface area contributed by atoms with Crippen LogP contribution in [-0.4, -0.2) is 25.8 Å². The average Bonchev–Trinajstić information content (AvgIpc) is 3.21. The van der Waals surface area contributed by atoms with Crippen LogP contribution >= 0.6 is 15.9 Å². The van der Waals surface area contributed by atoms with Crippen molar-refractivity contribution in [2.75, 3.05) is 0 Å². The molecule has 0 aliphatic rings. The molecule has 3 heterocycles. The second kappa shape index (κ2) is 7.14. The van der Waals surface area contributed by atoms with Gasteiger partial charge in [0.05, 0.1) is 6.04 Å². The van der Waals surface area contributed by atoms with Gasteiger partial charge in [-0.3, -0.25) is 9.48 Å². The number of hydrogen-bond acceptors (Lipinski definition) is 5. The number of alkyl halides is 3. The van der Waals surface area contributed by atoms with Crippen LogP contribution in [0.3, 0.4) is 0 Å². The van der Waals surface area contributed by atoms with Crippen molar-refractivity contribution in [1.82, 2.24) is 25.2 Å². The lowest BCUT2D eigenvalue weighted by atomic mass is 10.1. The fraction of sp³-hybridized carbons (Fsp3) is 0.250. The van der Waals surface area contributed by atoms with Gasteiger partial charge in [-0.25, -0.2) is 4.98 Å². The Morgan fingerprint density at radius 1 is 1.33 bits per heavy atom. The minimum Gasteiger partial charge on any atom is -0.359 e. The van der Waals surface area contributed by atoms with Crippen molar-refractivity contribution in [3.63, 3.8) is 0 Å². The van der Waals surface area contributed by atoms with E-state index in [-0.39, 0.29) is 5.69 Å². The maximum absolute atomic E-state index is 12.7. The molecule has 1 unspecified atom stereocenters. The van der Waals surface area contributed by atoms with Crippen LogP contribution in [0, 0.1) is 0 Å². The third-order valence-electron chi connectivity index (χ3n) is 3.73. The van der Waals surface area contributed by atoms with Crippen LogP contribution in [0.25, 0.3) is 11.3 Å². The number of nitrogens with zero attached hydrogens (tertiary/aromatic N) is 4. The summed E-state index contributed by atoms with van der Waals surface area (Å²) in [5, 5.41) is 9.83. The van der Waals surface area contributed by atoms with Crippen LogP contribution in [0.5, 0.6) is 0 Å². The van der Waals surface area contributed by atoms with Gasteiger partial charge in [0.25, 0.3) is 5.91 Å². The smallest absolute Gasteiger partial charge is 0.359 e. The molecule has 0 spiro atoms. The van der Waals surface area contributed by atoms with E-state index < -0.39 is 23.8 Å². The molecule has 0 aromatic carbocycles. The number of nitrogens with one attached hydrogen (secondary N) is 1. The molecule has 0 saturated carbocycles. The Morgan fingerprint density at radius 2 is 2.07 bits per heavy atom. The van der Waals surface area contributed by atoms with Gasteiger partial charge in [-0.05, 0) is 35.0 Å². The second-order valence-electron chi connectivity index (χ2n) is 5.71. The van der Waals surface area contributed by atoms with E-state index in [4.69, 9.17) is 4.52 Å². The highest BCUT2D eigenvalue weighted by molar-refractivity contribution is 9.10. The van der Waals surface area contributed by atoms with Crippen LogP contribution in [0.2, 0.25) is 0 Å². The van der Waals surface area contributed by atoms with E-state index in [1.165, 1.54) is 7.05 Å².